The van der Waals surface area contributed by atoms with E-state index in [1.54, 1.807) is 19.1 Å². The highest BCUT2D eigenvalue weighted by Gasteiger charge is 2.25. The number of aromatic nitrogens is 2. The lowest BCUT2D eigenvalue weighted by molar-refractivity contribution is 0.0717. The van der Waals surface area contributed by atoms with Gasteiger partial charge in [-0.3, -0.25) is 14.2 Å². The highest BCUT2D eigenvalue weighted by atomic mass is 16.3. The number of benzene rings is 1. The Bertz CT molecular complexity index is 884. The van der Waals surface area contributed by atoms with Crippen molar-refractivity contribution in [1.82, 2.24) is 14.9 Å². The van der Waals surface area contributed by atoms with E-state index in [1.807, 2.05) is 0 Å². The van der Waals surface area contributed by atoms with Gasteiger partial charge in [-0.1, -0.05) is 12.8 Å². The molecule has 1 aromatic heterocycles. The zero-order valence-electron chi connectivity index (χ0n) is 13.5. The minimum absolute atomic E-state index is 0.255. The number of nitrogens with one attached hydrogen (secondary N) is 2. The fourth-order valence-electron chi connectivity index (χ4n) is 3.21. The van der Waals surface area contributed by atoms with E-state index in [2.05, 4.69) is 10.3 Å². The first kappa shape index (κ1) is 16.4. The molecule has 7 nitrogen and oxygen atoms in total. The standard InChI is InChI=1S/C17H21N3O4/c1-2-20-16(23)11-8-7-10(9-13(11)19-17(20)24)15(22)18-12-5-3-4-6-14(12)21/h7-9,12,14,21H,2-6H2,1H3,(H,18,22)(H,19,24)/t12-,14-/m1/s1. The molecule has 128 valence electrons. The van der Waals surface area contributed by atoms with Crippen LogP contribution in [0.15, 0.2) is 27.8 Å². The molecule has 0 radical (unpaired) electrons. The van der Waals surface area contributed by atoms with Crippen molar-refractivity contribution < 1.29 is 9.90 Å². The number of aromatic amines is 1. The lowest BCUT2D eigenvalue weighted by atomic mass is 9.92. The van der Waals surface area contributed by atoms with E-state index >= 15 is 0 Å². The molecule has 1 aliphatic rings. The lowest BCUT2D eigenvalue weighted by Gasteiger charge is -2.28. The summed E-state index contributed by atoms with van der Waals surface area (Å²) in [6.45, 7) is 2.01. The second kappa shape index (κ2) is 6.60. The molecule has 1 aromatic carbocycles. The van der Waals surface area contributed by atoms with Crippen molar-refractivity contribution in [1.29, 1.82) is 0 Å². The van der Waals surface area contributed by atoms with Crippen molar-refractivity contribution in [2.24, 2.45) is 0 Å². The van der Waals surface area contributed by atoms with Gasteiger partial charge in [0.15, 0.2) is 0 Å². The van der Waals surface area contributed by atoms with Crippen LogP contribution >= 0.6 is 0 Å². The van der Waals surface area contributed by atoms with Crippen molar-refractivity contribution in [3.05, 3.63) is 44.6 Å². The molecule has 3 N–H and O–H groups in total. The lowest BCUT2D eigenvalue weighted by Crippen LogP contribution is -2.45. The summed E-state index contributed by atoms with van der Waals surface area (Å²) in [5.74, 6) is -0.316. The van der Waals surface area contributed by atoms with Crippen LogP contribution in [0.5, 0.6) is 0 Å². The highest BCUT2D eigenvalue weighted by Crippen LogP contribution is 2.19. The molecule has 2 aromatic rings. The first-order chi connectivity index (χ1) is 11.5. The summed E-state index contributed by atoms with van der Waals surface area (Å²) >= 11 is 0. The zero-order chi connectivity index (χ0) is 17.3. The molecule has 1 fully saturated rings. The quantitative estimate of drug-likeness (QED) is 0.771. The summed E-state index contributed by atoms with van der Waals surface area (Å²) in [5, 5.41) is 13.2. The SMILES string of the molecule is CCn1c(=O)[nH]c2cc(C(=O)N[C@@H]3CCCC[C@H]3O)ccc2c1=O. The molecule has 0 aliphatic heterocycles. The number of carbonyl (C=O) groups is 1. The second-order valence-electron chi connectivity index (χ2n) is 6.17. The number of hydrogen-bond acceptors (Lipinski definition) is 4. The van der Waals surface area contributed by atoms with Crippen LogP contribution in [0.2, 0.25) is 0 Å². The van der Waals surface area contributed by atoms with Crippen LogP contribution in [0, 0.1) is 0 Å². The summed E-state index contributed by atoms with van der Waals surface area (Å²) in [6.07, 6.45) is 2.85. The van der Waals surface area contributed by atoms with Gasteiger partial charge in [0, 0.05) is 12.1 Å². The molecule has 0 unspecified atom stereocenters. The van der Waals surface area contributed by atoms with Gasteiger partial charge in [0.2, 0.25) is 0 Å². The number of aliphatic hydroxyl groups excluding tert-OH is 1. The summed E-state index contributed by atoms with van der Waals surface area (Å²) in [6, 6.07) is 4.36. The zero-order valence-corrected chi connectivity index (χ0v) is 13.5. The van der Waals surface area contributed by atoms with Gasteiger partial charge in [0.1, 0.15) is 0 Å². The summed E-state index contributed by atoms with van der Waals surface area (Å²) in [7, 11) is 0. The van der Waals surface area contributed by atoms with E-state index in [0.29, 0.717) is 22.9 Å². The van der Waals surface area contributed by atoms with Gasteiger partial charge < -0.3 is 15.4 Å². The summed E-state index contributed by atoms with van der Waals surface area (Å²) in [4.78, 5) is 39.2. The summed E-state index contributed by atoms with van der Waals surface area (Å²) in [5.41, 5.74) is -0.169. The van der Waals surface area contributed by atoms with Gasteiger partial charge in [-0.25, -0.2) is 4.79 Å². The molecule has 1 saturated carbocycles. The Kier molecular flexibility index (Phi) is 4.53. The number of aliphatic hydroxyl groups is 1. The molecule has 1 aliphatic carbocycles. The third-order valence-corrected chi connectivity index (χ3v) is 4.61. The van der Waals surface area contributed by atoms with Crippen LogP contribution in [-0.2, 0) is 6.54 Å². The predicted molar refractivity (Wildman–Crippen MR) is 90.2 cm³/mol. The van der Waals surface area contributed by atoms with E-state index in [0.717, 1.165) is 23.8 Å². The fraction of sp³-hybridized carbons (Fsp3) is 0.471. The Morgan fingerprint density at radius 2 is 2.08 bits per heavy atom. The maximum absolute atomic E-state index is 12.4. The number of H-pyrrole nitrogens is 1. The predicted octanol–water partition coefficient (Wildman–Crippen LogP) is 0.743. The molecule has 1 amide bonds. The molecular formula is C17H21N3O4. The van der Waals surface area contributed by atoms with Gasteiger partial charge in [0.25, 0.3) is 11.5 Å². The van der Waals surface area contributed by atoms with Crippen LogP contribution in [0.4, 0.5) is 0 Å². The van der Waals surface area contributed by atoms with Gasteiger partial charge in [-0.15, -0.1) is 0 Å². The number of rotatable bonds is 3. The van der Waals surface area contributed by atoms with E-state index in [-0.39, 0.29) is 24.1 Å². The fourth-order valence-corrected chi connectivity index (χ4v) is 3.21. The van der Waals surface area contributed by atoms with E-state index in [9.17, 15) is 19.5 Å². The van der Waals surface area contributed by atoms with Gasteiger partial charge in [-0.2, -0.15) is 0 Å². The van der Waals surface area contributed by atoms with Crippen LogP contribution < -0.4 is 16.6 Å². The van der Waals surface area contributed by atoms with Crippen molar-refractivity contribution in [2.75, 3.05) is 0 Å². The molecule has 0 bridgehead atoms. The smallest absolute Gasteiger partial charge is 0.328 e. The molecule has 7 heteroatoms. The summed E-state index contributed by atoms with van der Waals surface area (Å²) < 4.78 is 1.11. The number of nitrogens with zero attached hydrogens (tertiary/aromatic N) is 1. The topological polar surface area (TPSA) is 104 Å². The van der Waals surface area contributed by atoms with Crippen LogP contribution in [-0.4, -0.2) is 32.7 Å². The molecule has 2 atom stereocenters. The second-order valence-corrected chi connectivity index (χ2v) is 6.17. The third-order valence-electron chi connectivity index (χ3n) is 4.61. The number of carbonyl (C=O) groups excluding carboxylic acids is 1. The average Bonchev–Trinajstić information content (AvgIpc) is 2.56. The van der Waals surface area contributed by atoms with Crippen molar-refractivity contribution in [3.63, 3.8) is 0 Å². The first-order valence-electron chi connectivity index (χ1n) is 8.27. The first-order valence-corrected chi connectivity index (χ1v) is 8.27. The minimum atomic E-state index is -0.528. The van der Waals surface area contributed by atoms with Crippen LogP contribution in [0.3, 0.4) is 0 Å². The molecular weight excluding hydrogens is 310 g/mol. The number of fused-ring (bicyclic) bond motifs is 1. The average molecular weight is 331 g/mol. The Morgan fingerprint density at radius 3 is 2.79 bits per heavy atom. The molecule has 1 heterocycles. The molecule has 0 saturated heterocycles. The molecule has 3 rings (SSSR count). The Labute approximate surface area is 138 Å². The third kappa shape index (κ3) is 2.99. The monoisotopic (exact) mass is 331 g/mol. The molecule has 0 spiro atoms. The van der Waals surface area contributed by atoms with Crippen molar-refractivity contribution >= 4 is 16.8 Å². The Balaban J connectivity index is 1.91. The Hall–Kier alpha value is -2.41. The number of hydrogen-bond donors (Lipinski definition) is 3. The number of amides is 1. The van der Waals surface area contributed by atoms with Crippen molar-refractivity contribution in [2.45, 2.75) is 51.3 Å². The van der Waals surface area contributed by atoms with Crippen molar-refractivity contribution in [3.8, 4) is 0 Å². The van der Waals surface area contributed by atoms with Crippen LogP contribution in [0.1, 0.15) is 43.0 Å². The maximum Gasteiger partial charge on any atom is 0.328 e. The minimum Gasteiger partial charge on any atom is -0.391 e. The van der Waals surface area contributed by atoms with Gasteiger partial charge in [-0.05, 0) is 38.0 Å². The van der Waals surface area contributed by atoms with Crippen LogP contribution in [0.25, 0.3) is 10.9 Å². The normalized spacial score (nSPS) is 20.9. The van der Waals surface area contributed by atoms with Gasteiger partial charge in [0.05, 0.1) is 23.0 Å². The van der Waals surface area contributed by atoms with E-state index < -0.39 is 11.8 Å². The van der Waals surface area contributed by atoms with E-state index in [1.165, 1.54) is 6.07 Å². The Morgan fingerprint density at radius 1 is 1.33 bits per heavy atom. The highest BCUT2D eigenvalue weighted by molar-refractivity contribution is 5.97. The largest absolute Gasteiger partial charge is 0.391 e. The maximum atomic E-state index is 12.4. The molecule has 24 heavy (non-hydrogen) atoms. The van der Waals surface area contributed by atoms with Gasteiger partial charge >= 0.3 is 5.69 Å². The van der Waals surface area contributed by atoms with E-state index in [4.69, 9.17) is 0 Å².